The normalized spacial score (nSPS) is 10.6. The topological polar surface area (TPSA) is 85.0 Å². The zero-order valence-corrected chi connectivity index (χ0v) is 15.9. The third kappa shape index (κ3) is 4.49. The third-order valence-corrected chi connectivity index (χ3v) is 4.45. The van der Waals surface area contributed by atoms with Crippen molar-refractivity contribution in [2.45, 2.75) is 13.2 Å². The van der Waals surface area contributed by atoms with Crippen molar-refractivity contribution in [1.29, 1.82) is 0 Å². The molecular formula is C16H14Cl3N5O2. The van der Waals surface area contributed by atoms with E-state index in [1.54, 1.807) is 31.4 Å². The van der Waals surface area contributed by atoms with Gasteiger partial charge in [0.25, 0.3) is 5.95 Å². The lowest BCUT2D eigenvalue weighted by Crippen LogP contribution is -2.04. The number of tetrazole rings is 1. The number of methoxy groups -OCH3 is 1. The standard InChI is InChI=1S/C16H14Cl3N5O2/c1-25-14-4-10(7-20-16-21-23-24-22-16)13(19)6-15(14)26-8-9-2-3-11(17)5-12(9)18/h2-6H,7-8H2,1H3,(H2,20,21,22,23,24). The Morgan fingerprint density at radius 1 is 1.04 bits per heavy atom. The molecule has 1 heterocycles. The van der Waals surface area contributed by atoms with Crippen molar-refractivity contribution in [3.8, 4) is 11.5 Å². The van der Waals surface area contributed by atoms with Crippen LogP contribution in [0.4, 0.5) is 5.95 Å². The highest BCUT2D eigenvalue weighted by Crippen LogP contribution is 2.34. The highest BCUT2D eigenvalue weighted by molar-refractivity contribution is 6.35. The first-order chi connectivity index (χ1) is 12.6. The molecule has 10 heteroatoms. The van der Waals surface area contributed by atoms with Gasteiger partial charge in [0.15, 0.2) is 11.5 Å². The van der Waals surface area contributed by atoms with E-state index in [0.717, 1.165) is 11.1 Å². The molecule has 26 heavy (non-hydrogen) atoms. The van der Waals surface area contributed by atoms with Crippen molar-refractivity contribution in [2.75, 3.05) is 12.4 Å². The minimum Gasteiger partial charge on any atom is -0.493 e. The number of nitrogens with zero attached hydrogens (tertiary/aromatic N) is 3. The number of halogens is 3. The zero-order valence-electron chi connectivity index (χ0n) is 13.6. The van der Waals surface area contributed by atoms with Gasteiger partial charge in [0.2, 0.25) is 0 Å². The van der Waals surface area contributed by atoms with E-state index in [9.17, 15) is 0 Å². The van der Waals surface area contributed by atoms with E-state index in [4.69, 9.17) is 44.3 Å². The number of hydrogen-bond donors (Lipinski definition) is 2. The fourth-order valence-corrected chi connectivity index (χ4v) is 2.87. The number of aromatic amines is 1. The van der Waals surface area contributed by atoms with Gasteiger partial charge in [-0.25, -0.2) is 0 Å². The average Bonchev–Trinajstić information content (AvgIpc) is 3.13. The van der Waals surface area contributed by atoms with Crippen LogP contribution in [0.15, 0.2) is 30.3 Å². The molecule has 2 N–H and O–H groups in total. The number of hydrogen-bond acceptors (Lipinski definition) is 6. The van der Waals surface area contributed by atoms with Crippen LogP contribution in [-0.2, 0) is 13.2 Å². The SMILES string of the molecule is COc1cc(CNc2nn[nH]n2)c(Cl)cc1OCc1ccc(Cl)cc1Cl. The van der Waals surface area contributed by atoms with E-state index in [0.29, 0.717) is 39.1 Å². The summed E-state index contributed by atoms with van der Waals surface area (Å²) >= 11 is 18.4. The lowest BCUT2D eigenvalue weighted by Gasteiger charge is -2.14. The van der Waals surface area contributed by atoms with Crippen molar-refractivity contribution in [3.05, 3.63) is 56.5 Å². The zero-order chi connectivity index (χ0) is 18.5. The van der Waals surface area contributed by atoms with Crippen LogP contribution in [0.25, 0.3) is 0 Å². The Morgan fingerprint density at radius 2 is 1.85 bits per heavy atom. The largest absolute Gasteiger partial charge is 0.493 e. The Labute approximate surface area is 164 Å². The second-order valence-corrected chi connectivity index (χ2v) is 6.46. The number of benzene rings is 2. The summed E-state index contributed by atoms with van der Waals surface area (Å²) in [6.07, 6.45) is 0. The smallest absolute Gasteiger partial charge is 0.263 e. The lowest BCUT2D eigenvalue weighted by atomic mass is 10.2. The molecule has 0 saturated heterocycles. The van der Waals surface area contributed by atoms with Crippen LogP contribution in [-0.4, -0.2) is 27.7 Å². The van der Waals surface area contributed by atoms with Crippen molar-refractivity contribution < 1.29 is 9.47 Å². The molecule has 136 valence electrons. The second-order valence-electron chi connectivity index (χ2n) is 5.21. The summed E-state index contributed by atoms with van der Waals surface area (Å²) in [5.74, 6) is 1.42. The molecule has 0 fully saturated rings. The maximum atomic E-state index is 6.35. The van der Waals surface area contributed by atoms with Gasteiger partial charge < -0.3 is 14.8 Å². The number of nitrogens with one attached hydrogen (secondary N) is 2. The number of aromatic nitrogens is 4. The molecule has 3 aromatic rings. The van der Waals surface area contributed by atoms with Crippen LogP contribution in [0.1, 0.15) is 11.1 Å². The highest BCUT2D eigenvalue weighted by Gasteiger charge is 2.12. The Morgan fingerprint density at radius 3 is 2.54 bits per heavy atom. The van der Waals surface area contributed by atoms with Crippen LogP contribution in [0.3, 0.4) is 0 Å². The van der Waals surface area contributed by atoms with E-state index in [1.807, 2.05) is 6.07 Å². The molecule has 0 atom stereocenters. The molecule has 1 aromatic heterocycles. The summed E-state index contributed by atoms with van der Waals surface area (Å²) in [6, 6.07) is 8.70. The number of rotatable bonds is 7. The van der Waals surface area contributed by atoms with Gasteiger partial charge in [0.05, 0.1) is 7.11 Å². The third-order valence-electron chi connectivity index (χ3n) is 3.51. The Kier molecular flexibility index (Phi) is 6.03. The van der Waals surface area contributed by atoms with Crippen LogP contribution >= 0.6 is 34.8 Å². The molecule has 0 spiro atoms. The second kappa shape index (κ2) is 8.44. The molecule has 2 aromatic carbocycles. The molecule has 0 radical (unpaired) electrons. The van der Waals surface area contributed by atoms with Crippen molar-refractivity contribution in [3.63, 3.8) is 0 Å². The first-order valence-electron chi connectivity index (χ1n) is 7.47. The number of ether oxygens (including phenoxy) is 2. The van der Waals surface area contributed by atoms with Gasteiger partial charge in [-0.1, -0.05) is 46.0 Å². The van der Waals surface area contributed by atoms with Crippen molar-refractivity contribution in [2.24, 2.45) is 0 Å². The minimum absolute atomic E-state index is 0.253. The molecule has 3 rings (SSSR count). The average molecular weight is 415 g/mol. The van der Waals surface area contributed by atoms with Crippen molar-refractivity contribution in [1.82, 2.24) is 20.6 Å². The monoisotopic (exact) mass is 413 g/mol. The Bertz CT molecular complexity index is 890. The quantitative estimate of drug-likeness (QED) is 0.597. The Hall–Kier alpha value is -2.22. The van der Waals surface area contributed by atoms with E-state index in [1.165, 1.54) is 0 Å². The van der Waals surface area contributed by atoms with Crippen molar-refractivity contribution >= 4 is 40.8 Å². The van der Waals surface area contributed by atoms with E-state index in [2.05, 4.69) is 25.9 Å². The van der Waals surface area contributed by atoms with Gasteiger partial charge in [-0.15, -0.1) is 5.10 Å². The first kappa shape index (κ1) is 18.6. The van der Waals surface area contributed by atoms with Gasteiger partial charge in [-0.05, 0) is 29.0 Å². The molecule has 0 unspecified atom stereocenters. The summed E-state index contributed by atoms with van der Waals surface area (Å²) in [4.78, 5) is 0. The highest BCUT2D eigenvalue weighted by atomic mass is 35.5. The summed E-state index contributed by atoms with van der Waals surface area (Å²) in [5, 5.41) is 18.1. The summed E-state index contributed by atoms with van der Waals surface area (Å²) in [6.45, 7) is 0.654. The fourth-order valence-electron chi connectivity index (χ4n) is 2.19. The molecule has 0 aliphatic heterocycles. The summed E-state index contributed by atoms with van der Waals surface area (Å²) in [5.41, 5.74) is 1.60. The van der Waals surface area contributed by atoms with Crippen LogP contribution in [0.2, 0.25) is 15.1 Å². The lowest BCUT2D eigenvalue weighted by molar-refractivity contribution is 0.284. The predicted octanol–water partition coefficient (Wildman–Crippen LogP) is 4.36. The molecule has 0 bridgehead atoms. The molecule has 7 nitrogen and oxygen atoms in total. The molecular weight excluding hydrogens is 401 g/mol. The molecule has 0 saturated carbocycles. The molecule has 0 aliphatic carbocycles. The summed E-state index contributed by atoms with van der Waals surface area (Å²) in [7, 11) is 1.56. The van der Waals surface area contributed by atoms with E-state index in [-0.39, 0.29) is 6.61 Å². The first-order valence-corrected chi connectivity index (χ1v) is 8.60. The van der Waals surface area contributed by atoms with Crippen LogP contribution in [0.5, 0.6) is 11.5 Å². The number of H-pyrrole nitrogens is 1. The van der Waals surface area contributed by atoms with E-state index >= 15 is 0 Å². The fraction of sp³-hybridized carbons (Fsp3) is 0.188. The van der Waals surface area contributed by atoms with Gasteiger partial charge in [-0.3, -0.25) is 0 Å². The summed E-state index contributed by atoms with van der Waals surface area (Å²) < 4.78 is 11.2. The maximum Gasteiger partial charge on any atom is 0.263 e. The minimum atomic E-state index is 0.253. The van der Waals surface area contributed by atoms with E-state index < -0.39 is 0 Å². The van der Waals surface area contributed by atoms with Gasteiger partial charge in [0, 0.05) is 33.2 Å². The van der Waals surface area contributed by atoms with Gasteiger partial charge in [-0.2, -0.15) is 5.21 Å². The molecule has 0 amide bonds. The predicted molar refractivity (Wildman–Crippen MR) is 100 cm³/mol. The van der Waals surface area contributed by atoms with Crippen LogP contribution < -0.4 is 14.8 Å². The van der Waals surface area contributed by atoms with Gasteiger partial charge in [0.1, 0.15) is 6.61 Å². The maximum absolute atomic E-state index is 6.35. The molecule has 0 aliphatic rings. The Balaban J connectivity index is 1.73. The van der Waals surface area contributed by atoms with Gasteiger partial charge >= 0.3 is 0 Å². The number of anilines is 1. The van der Waals surface area contributed by atoms with Crippen LogP contribution in [0, 0.1) is 0 Å².